The molecule has 2 aliphatic rings. The number of hydrogen-bond donors (Lipinski definition) is 1. The van der Waals surface area contributed by atoms with Gasteiger partial charge in [0.15, 0.2) is 0 Å². The third kappa shape index (κ3) is 2.66. The van der Waals surface area contributed by atoms with E-state index in [0.717, 1.165) is 25.1 Å². The van der Waals surface area contributed by atoms with Crippen LogP contribution in [0.1, 0.15) is 36.8 Å². The van der Waals surface area contributed by atoms with E-state index in [9.17, 15) is 4.79 Å². The largest absolute Gasteiger partial charge is 0.311 e. The molecule has 19 heavy (non-hydrogen) atoms. The molecule has 1 atom stereocenters. The van der Waals surface area contributed by atoms with Crippen LogP contribution in [0.2, 0.25) is 0 Å². The Kier molecular flexibility index (Phi) is 3.31. The van der Waals surface area contributed by atoms with Gasteiger partial charge in [-0.25, -0.2) is 0 Å². The third-order valence-electron chi connectivity index (χ3n) is 4.10. The molecule has 1 aromatic carbocycles. The predicted molar refractivity (Wildman–Crippen MR) is 77.4 cm³/mol. The van der Waals surface area contributed by atoms with Gasteiger partial charge in [-0.05, 0) is 51.2 Å². The summed E-state index contributed by atoms with van der Waals surface area (Å²) in [5, 5.41) is 3.48. The Morgan fingerprint density at radius 1 is 1.21 bits per heavy atom. The quantitative estimate of drug-likeness (QED) is 0.903. The molecular weight excluding hydrogens is 236 g/mol. The Balaban J connectivity index is 1.80. The topological polar surface area (TPSA) is 32.3 Å². The number of carbonyl (C=O) groups excluding carboxylic acids is 1. The number of aryl methyl sites for hydroxylation is 2. The van der Waals surface area contributed by atoms with Crippen molar-refractivity contribution in [2.24, 2.45) is 0 Å². The maximum atomic E-state index is 12.6. The highest BCUT2D eigenvalue weighted by Crippen LogP contribution is 2.27. The van der Waals surface area contributed by atoms with Crippen LogP contribution in [0.25, 0.3) is 0 Å². The molecule has 1 unspecified atom stereocenters. The van der Waals surface area contributed by atoms with Crippen LogP contribution >= 0.6 is 0 Å². The molecule has 3 rings (SSSR count). The number of piperidine rings is 1. The second-order valence-corrected chi connectivity index (χ2v) is 5.92. The zero-order valence-electron chi connectivity index (χ0n) is 11.8. The fraction of sp³-hybridized carbons (Fsp3) is 0.562. The number of hydrogen-bond acceptors (Lipinski definition) is 2. The third-order valence-corrected chi connectivity index (χ3v) is 4.10. The highest BCUT2D eigenvalue weighted by Gasteiger charge is 2.34. The van der Waals surface area contributed by atoms with Crippen LogP contribution in [0.3, 0.4) is 0 Å². The summed E-state index contributed by atoms with van der Waals surface area (Å²) in [7, 11) is 0. The number of nitrogens with zero attached hydrogens (tertiary/aromatic N) is 1. The molecule has 0 aromatic heterocycles. The van der Waals surface area contributed by atoms with Crippen LogP contribution in [-0.2, 0) is 4.79 Å². The standard InChI is InChI=1S/C16H22N2O/c1-11-5-8-15(12(2)10-11)18-9-3-4-14(16(18)19)17-13-6-7-13/h5,8,10,13-14,17H,3-4,6-7,9H2,1-2H3. The molecule has 1 aliphatic heterocycles. The number of rotatable bonds is 3. The van der Waals surface area contributed by atoms with Crippen molar-refractivity contribution in [3.8, 4) is 0 Å². The Morgan fingerprint density at radius 2 is 2.00 bits per heavy atom. The lowest BCUT2D eigenvalue weighted by Crippen LogP contribution is -2.51. The first-order chi connectivity index (χ1) is 9.15. The summed E-state index contributed by atoms with van der Waals surface area (Å²) >= 11 is 0. The number of nitrogens with one attached hydrogen (secondary N) is 1. The minimum atomic E-state index is 0.0296. The molecule has 1 heterocycles. The summed E-state index contributed by atoms with van der Waals surface area (Å²) in [6.45, 7) is 5.03. The van der Waals surface area contributed by atoms with Gasteiger partial charge in [-0.2, -0.15) is 0 Å². The minimum Gasteiger partial charge on any atom is -0.311 e. The lowest BCUT2D eigenvalue weighted by Gasteiger charge is -2.33. The van der Waals surface area contributed by atoms with Gasteiger partial charge in [0.1, 0.15) is 0 Å². The zero-order chi connectivity index (χ0) is 13.4. The molecule has 0 spiro atoms. The molecule has 102 valence electrons. The lowest BCUT2D eigenvalue weighted by molar-refractivity contribution is -0.121. The van der Waals surface area contributed by atoms with E-state index in [1.807, 2.05) is 4.90 Å². The van der Waals surface area contributed by atoms with Crippen molar-refractivity contribution in [2.45, 2.75) is 51.6 Å². The number of carbonyl (C=O) groups is 1. The first-order valence-electron chi connectivity index (χ1n) is 7.30. The molecule has 0 radical (unpaired) electrons. The molecule has 1 aromatic rings. The van der Waals surface area contributed by atoms with Crippen LogP contribution in [-0.4, -0.2) is 24.5 Å². The maximum absolute atomic E-state index is 12.6. The number of amides is 1. The van der Waals surface area contributed by atoms with Crippen LogP contribution in [0.4, 0.5) is 5.69 Å². The van der Waals surface area contributed by atoms with Gasteiger partial charge in [-0.3, -0.25) is 4.79 Å². The highest BCUT2D eigenvalue weighted by molar-refractivity contribution is 5.98. The van der Waals surface area contributed by atoms with Gasteiger partial charge in [0, 0.05) is 18.3 Å². The summed E-state index contributed by atoms with van der Waals surface area (Å²) in [4.78, 5) is 14.6. The van der Waals surface area contributed by atoms with E-state index in [4.69, 9.17) is 0 Å². The van der Waals surface area contributed by atoms with Crippen molar-refractivity contribution in [3.63, 3.8) is 0 Å². The molecule has 1 saturated heterocycles. The molecular formula is C16H22N2O. The molecule has 2 fully saturated rings. The predicted octanol–water partition coefficient (Wildman–Crippen LogP) is 2.55. The van der Waals surface area contributed by atoms with Crippen molar-refractivity contribution < 1.29 is 4.79 Å². The second kappa shape index (κ2) is 4.97. The van der Waals surface area contributed by atoms with E-state index in [1.54, 1.807) is 0 Å². The first-order valence-corrected chi connectivity index (χ1v) is 7.30. The average Bonchev–Trinajstić information content (AvgIpc) is 3.17. The highest BCUT2D eigenvalue weighted by atomic mass is 16.2. The van der Waals surface area contributed by atoms with Gasteiger partial charge >= 0.3 is 0 Å². The van der Waals surface area contributed by atoms with E-state index >= 15 is 0 Å². The SMILES string of the molecule is Cc1ccc(N2CCCC(NC3CC3)C2=O)c(C)c1. The van der Waals surface area contributed by atoms with Gasteiger partial charge < -0.3 is 10.2 Å². The molecule has 1 aliphatic carbocycles. The number of benzene rings is 1. The molecule has 3 nitrogen and oxygen atoms in total. The van der Waals surface area contributed by atoms with Gasteiger partial charge in [-0.1, -0.05) is 17.7 Å². The number of anilines is 1. The van der Waals surface area contributed by atoms with Crippen molar-refractivity contribution in [3.05, 3.63) is 29.3 Å². The second-order valence-electron chi connectivity index (χ2n) is 5.92. The summed E-state index contributed by atoms with van der Waals surface area (Å²) in [6, 6.07) is 6.95. The first kappa shape index (κ1) is 12.7. The molecule has 0 bridgehead atoms. The molecule has 1 saturated carbocycles. The Bertz CT molecular complexity index is 494. The van der Waals surface area contributed by atoms with Gasteiger partial charge in [0.25, 0.3) is 0 Å². The van der Waals surface area contributed by atoms with E-state index < -0.39 is 0 Å². The van der Waals surface area contributed by atoms with Crippen LogP contribution < -0.4 is 10.2 Å². The maximum Gasteiger partial charge on any atom is 0.244 e. The average molecular weight is 258 g/mol. The monoisotopic (exact) mass is 258 g/mol. The van der Waals surface area contributed by atoms with Crippen LogP contribution in [0, 0.1) is 13.8 Å². The molecule has 1 N–H and O–H groups in total. The minimum absolute atomic E-state index is 0.0296. The zero-order valence-corrected chi connectivity index (χ0v) is 11.8. The molecule has 1 amide bonds. The Morgan fingerprint density at radius 3 is 2.68 bits per heavy atom. The fourth-order valence-electron chi connectivity index (χ4n) is 2.91. The van der Waals surface area contributed by atoms with Gasteiger partial charge in [0.2, 0.25) is 5.91 Å². The lowest BCUT2D eigenvalue weighted by atomic mass is 10.0. The van der Waals surface area contributed by atoms with Crippen molar-refractivity contribution in [1.29, 1.82) is 0 Å². The Hall–Kier alpha value is -1.35. The van der Waals surface area contributed by atoms with Gasteiger partial charge in [-0.15, -0.1) is 0 Å². The van der Waals surface area contributed by atoms with E-state index in [1.165, 1.54) is 24.0 Å². The van der Waals surface area contributed by atoms with Crippen molar-refractivity contribution >= 4 is 11.6 Å². The smallest absolute Gasteiger partial charge is 0.244 e. The Labute approximate surface area is 115 Å². The summed E-state index contributed by atoms with van der Waals surface area (Å²) in [6.07, 6.45) is 4.53. The van der Waals surface area contributed by atoms with Crippen molar-refractivity contribution in [1.82, 2.24) is 5.32 Å². The van der Waals surface area contributed by atoms with Gasteiger partial charge in [0.05, 0.1) is 6.04 Å². The van der Waals surface area contributed by atoms with Crippen LogP contribution in [0.5, 0.6) is 0 Å². The van der Waals surface area contributed by atoms with E-state index in [0.29, 0.717) is 6.04 Å². The van der Waals surface area contributed by atoms with E-state index in [2.05, 4.69) is 37.4 Å². The van der Waals surface area contributed by atoms with Crippen LogP contribution in [0.15, 0.2) is 18.2 Å². The van der Waals surface area contributed by atoms with Crippen molar-refractivity contribution in [2.75, 3.05) is 11.4 Å². The summed E-state index contributed by atoms with van der Waals surface area (Å²) < 4.78 is 0. The fourth-order valence-corrected chi connectivity index (χ4v) is 2.91. The summed E-state index contributed by atoms with van der Waals surface area (Å²) in [5.74, 6) is 0.255. The molecule has 3 heteroatoms. The van der Waals surface area contributed by atoms with E-state index in [-0.39, 0.29) is 11.9 Å². The summed E-state index contributed by atoms with van der Waals surface area (Å²) in [5.41, 5.74) is 3.52. The normalized spacial score (nSPS) is 23.8.